The Bertz CT molecular complexity index is 1790. The van der Waals surface area contributed by atoms with Crippen LogP contribution in [0.15, 0.2) is 54.6 Å². The molecule has 3 N–H and O–H groups in total. The van der Waals surface area contributed by atoms with Crippen LogP contribution >= 0.6 is 11.6 Å². The largest absolute Gasteiger partial charge is 0.461 e. The molecule has 7 atom stereocenters. The van der Waals surface area contributed by atoms with Crippen LogP contribution in [0.3, 0.4) is 0 Å². The molecule has 0 saturated carbocycles. The zero-order chi connectivity index (χ0) is 39.2. The van der Waals surface area contributed by atoms with Crippen LogP contribution in [-0.2, 0) is 51.1 Å². The van der Waals surface area contributed by atoms with Gasteiger partial charge >= 0.3 is 5.97 Å². The van der Waals surface area contributed by atoms with Gasteiger partial charge in [0.05, 0.1) is 6.42 Å². The van der Waals surface area contributed by atoms with E-state index in [1.165, 1.54) is 14.7 Å². The standard InChI is InChI=1S/C40H49ClN6O8/c1-24-18-33-40(54)55-23-30(44-35(49)29(20-26-10-4-3-5-11-26)43-34(48)21-27-12-8-13-28(41)19-27)38(52)46-17-9-15-32(46)39(53)45-16-7-6-14-31(45)36(50)42-25(2)37(51)47(33)22-24/h3-5,8,10-13,19,24-25,29-33H,6-7,9,14-18,20-23H2,1-2H3,(H,42,50)(H,43,48)(H,44,49)/t24-,25-,29-,30-,31-,32-,33-/m0/s1. The van der Waals surface area contributed by atoms with Crippen LogP contribution < -0.4 is 16.0 Å². The number of hydrogen-bond acceptors (Lipinski definition) is 8. The summed E-state index contributed by atoms with van der Waals surface area (Å²) < 4.78 is 5.75. The van der Waals surface area contributed by atoms with Gasteiger partial charge in [-0.15, -0.1) is 0 Å². The Morgan fingerprint density at radius 1 is 0.836 bits per heavy atom. The molecule has 4 heterocycles. The van der Waals surface area contributed by atoms with Gasteiger partial charge in [0.1, 0.15) is 42.9 Å². The molecule has 4 aliphatic rings. The minimum atomic E-state index is -1.43. The van der Waals surface area contributed by atoms with Gasteiger partial charge in [-0.2, -0.15) is 0 Å². The quantitative estimate of drug-likeness (QED) is 0.357. The molecule has 0 bridgehead atoms. The molecule has 6 rings (SSSR count). The zero-order valence-corrected chi connectivity index (χ0v) is 32.0. The number of amides is 6. The van der Waals surface area contributed by atoms with E-state index in [2.05, 4.69) is 16.0 Å². The highest BCUT2D eigenvalue weighted by Gasteiger charge is 2.46. The van der Waals surface area contributed by atoms with Gasteiger partial charge in [0, 0.05) is 31.1 Å². The Balaban J connectivity index is 1.30. The van der Waals surface area contributed by atoms with Crippen molar-refractivity contribution >= 4 is 53.0 Å². The molecular formula is C40H49ClN6O8. The van der Waals surface area contributed by atoms with E-state index in [0.717, 1.165) is 5.56 Å². The van der Waals surface area contributed by atoms with Crippen molar-refractivity contribution in [2.24, 2.45) is 5.92 Å². The van der Waals surface area contributed by atoms with Crippen molar-refractivity contribution in [1.29, 1.82) is 0 Å². The van der Waals surface area contributed by atoms with Gasteiger partial charge in [-0.3, -0.25) is 28.8 Å². The molecule has 14 nitrogen and oxygen atoms in total. The number of carbonyl (C=O) groups is 7. The molecular weight excluding hydrogens is 728 g/mol. The number of nitrogens with zero attached hydrogens (tertiary/aromatic N) is 3. The first-order valence-electron chi connectivity index (χ1n) is 19.2. The number of esters is 1. The molecule has 6 amide bonds. The van der Waals surface area contributed by atoms with Crippen LogP contribution in [0.1, 0.15) is 63.5 Å². The summed E-state index contributed by atoms with van der Waals surface area (Å²) in [5.74, 6) is -3.88. The van der Waals surface area contributed by atoms with Gasteiger partial charge < -0.3 is 35.4 Å². The molecule has 0 aromatic heterocycles. The van der Waals surface area contributed by atoms with E-state index in [-0.39, 0.29) is 37.8 Å². The third-order valence-corrected chi connectivity index (χ3v) is 11.1. The van der Waals surface area contributed by atoms with Crippen molar-refractivity contribution in [3.63, 3.8) is 0 Å². The van der Waals surface area contributed by atoms with Crippen molar-refractivity contribution in [2.75, 3.05) is 26.2 Å². The SMILES string of the molecule is C[C@H]1C[C@H]2C(=O)OC[C@H](NC(=O)[C@H](Cc3ccccc3)NC(=O)Cc3cccc(Cl)c3)C(=O)N3CCC[C@H]3C(=O)N3CCCC[C@H]3C(=O)N[C@@H](C)C(=O)N2C1. The van der Waals surface area contributed by atoms with Crippen LogP contribution in [0.25, 0.3) is 0 Å². The molecule has 294 valence electrons. The van der Waals surface area contributed by atoms with Gasteiger partial charge in [0.15, 0.2) is 0 Å². The summed E-state index contributed by atoms with van der Waals surface area (Å²) in [7, 11) is 0. The van der Waals surface area contributed by atoms with E-state index in [9.17, 15) is 33.6 Å². The summed E-state index contributed by atoms with van der Waals surface area (Å²) in [6, 6.07) is 9.66. The summed E-state index contributed by atoms with van der Waals surface area (Å²) in [4.78, 5) is 102. The molecule has 15 heteroatoms. The topological polar surface area (TPSA) is 175 Å². The lowest BCUT2D eigenvalue weighted by molar-refractivity contribution is -0.158. The number of cyclic esters (lactones) is 1. The van der Waals surface area contributed by atoms with E-state index >= 15 is 0 Å². The van der Waals surface area contributed by atoms with Crippen LogP contribution in [0.4, 0.5) is 0 Å². The first-order chi connectivity index (χ1) is 26.4. The number of ether oxygens (including phenoxy) is 1. The van der Waals surface area contributed by atoms with Gasteiger partial charge in [-0.05, 0) is 74.6 Å². The molecule has 0 aliphatic carbocycles. The Labute approximate surface area is 325 Å². The third-order valence-electron chi connectivity index (χ3n) is 10.9. The molecule has 55 heavy (non-hydrogen) atoms. The minimum absolute atomic E-state index is 0.0466. The Morgan fingerprint density at radius 2 is 1.55 bits per heavy atom. The first-order valence-corrected chi connectivity index (χ1v) is 19.5. The highest BCUT2D eigenvalue weighted by atomic mass is 35.5. The lowest BCUT2D eigenvalue weighted by atomic mass is 9.99. The van der Waals surface area contributed by atoms with Crippen molar-refractivity contribution < 1.29 is 38.3 Å². The molecule has 2 aromatic carbocycles. The summed E-state index contributed by atoms with van der Waals surface area (Å²) >= 11 is 6.13. The van der Waals surface area contributed by atoms with Crippen molar-refractivity contribution in [1.82, 2.24) is 30.7 Å². The molecule has 4 aliphatic heterocycles. The molecule has 2 aromatic rings. The maximum absolute atomic E-state index is 14.5. The molecule has 0 unspecified atom stereocenters. The van der Waals surface area contributed by atoms with E-state index < -0.39 is 78.4 Å². The second-order valence-corrected chi connectivity index (χ2v) is 15.6. The van der Waals surface area contributed by atoms with Gasteiger partial charge in [-0.25, -0.2) is 4.79 Å². The number of halogens is 1. The van der Waals surface area contributed by atoms with Crippen molar-refractivity contribution in [3.8, 4) is 0 Å². The maximum atomic E-state index is 14.5. The fourth-order valence-corrected chi connectivity index (χ4v) is 8.34. The summed E-state index contributed by atoms with van der Waals surface area (Å²) in [5, 5.41) is 8.81. The van der Waals surface area contributed by atoms with Gasteiger partial charge in [-0.1, -0.05) is 61.0 Å². The number of nitrogens with one attached hydrogen (secondary N) is 3. The smallest absolute Gasteiger partial charge is 0.328 e. The second kappa shape index (κ2) is 17.7. The number of rotatable bonds is 7. The average Bonchev–Trinajstić information content (AvgIpc) is 3.82. The maximum Gasteiger partial charge on any atom is 0.328 e. The van der Waals surface area contributed by atoms with E-state index in [1.54, 1.807) is 31.2 Å². The van der Waals surface area contributed by atoms with E-state index in [0.29, 0.717) is 55.7 Å². The van der Waals surface area contributed by atoms with Crippen molar-refractivity contribution in [2.45, 2.75) is 101 Å². The number of carbonyl (C=O) groups excluding carboxylic acids is 7. The fourth-order valence-electron chi connectivity index (χ4n) is 8.13. The number of piperidine rings is 1. The monoisotopic (exact) mass is 776 g/mol. The number of fused-ring (bicyclic) bond motifs is 3. The van der Waals surface area contributed by atoms with E-state index in [4.69, 9.17) is 16.3 Å². The predicted molar refractivity (Wildman–Crippen MR) is 201 cm³/mol. The van der Waals surface area contributed by atoms with Crippen molar-refractivity contribution in [3.05, 3.63) is 70.7 Å². The van der Waals surface area contributed by atoms with Crippen LogP contribution in [0.2, 0.25) is 5.02 Å². The third kappa shape index (κ3) is 9.46. The van der Waals surface area contributed by atoms with Crippen LogP contribution in [0.5, 0.6) is 0 Å². The summed E-state index contributed by atoms with van der Waals surface area (Å²) in [6.07, 6.45) is 2.99. The summed E-state index contributed by atoms with van der Waals surface area (Å²) in [6.45, 7) is 3.68. The highest BCUT2D eigenvalue weighted by Crippen LogP contribution is 2.28. The fraction of sp³-hybridized carbons (Fsp3) is 0.525. The van der Waals surface area contributed by atoms with Crippen LogP contribution in [-0.4, -0.2) is 119 Å². The Hall–Kier alpha value is -4.98. The number of benzene rings is 2. The molecule has 4 saturated heterocycles. The predicted octanol–water partition coefficient (Wildman–Crippen LogP) is 1.77. The molecule has 0 spiro atoms. The highest BCUT2D eigenvalue weighted by molar-refractivity contribution is 6.30. The second-order valence-electron chi connectivity index (χ2n) is 15.1. The van der Waals surface area contributed by atoms with Gasteiger partial charge in [0.2, 0.25) is 35.4 Å². The first kappa shape index (κ1) is 39.7. The van der Waals surface area contributed by atoms with Gasteiger partial charge in [0.25, 0.3) is 0 Å². The molecule has 0 radical (unpaired) electrons. The Kier molecular flexibility index (Phi) is 12.7. The van der Waals surface area contributed by atoms with Crippen LogP contribution in [0, 0.1) is 5.92 Å². The number of hydrogen-bond donors (Lipinski definition) is 3. The zero-order valence-electron chi connectivity index (χ0n) is 31.2. The normalized spacial score (nSPS) is 27.0. The lowest BCUT2D eigenvalue weighted by Gasteiger charge is -2.39. The Morgan fingerprint density at radius 3 is 2.31 bits per heavy atom. The average molecular weight is 777 g/mol. The molecule has 4 fully saturated rings. The summed E-state index contributed by atoms with van der Waals surface area (Å²) in [5.41, 5.74) is 1.39. The van der Waals surface area contributed by atoms with E-state index in [1.807, 2.05) is 37.3 Å². The lowest BCUT2D eigenvalue weighted by Crippen LogP contribution is -2.62. The minimum Gasteiger partial charge on any atom is -0.461 e.